The average molecular weight is 373 g/mol. The van der Waals surface area contributed by atoms with Crippen LogP contribution in [0.25, 0.3) is 0 Å². The largest absolute Gasteiger partial charge is 0.393 e. The summed E-state index contributed by atoms with van der Waals surface area (Å²) in [6, 6.07) is 14.2. The van der Waals surface area contributed by atoms with E-state index in [1.54, 1.807) is 24.3 Å². The van der Waals surface area contributed by atoms with E-state index in [0.717, 1.165) is 16.7 Å². The zero-order valence-electron chi connectivity index (χ0n) is 14.7. The Kier molecular flexibility index (Phi) is 4.39. The van der Waals surface area contributed by atoms with Gasteiger partial charge in [0.25, 0.3) is 10.1 Å². The summed E-state index contributed by atoms with van der Waals surface area (Å²) in [6.45, 7) is 2.58. The van der Waals surface area contributed by atoms with Gasteiger partial charge in [-0.15, -0.1) is 0 Å². The first-order valence-electron chi connectivity index (χ1n) is 8.93. The van der Waals surface area contributed by atoms with Gasteiger partial charge in [-0.05, 0) is 43.0 Å². The van der Waals surface area contributed by atoms with Gasteiger partial charge in [-0.25, -0.2) is 0 Å². The maximum absolute atomic E-state index is 13.0. The van der Waals surface area contributed by atoms with Gasteiger partial charge in [0.05, 0.1) is 11.0 Å². The highest BCUT2D eigenvalue weighted by Crippen LogP contribution is 2.46. The van der Waals surface area contributed by atoms with Crippen molar-refractivity contribution in [3.05, 3.63) is 65.2 Å². The molecule has 1 heterocycles. The van der Waals surface area contributed by atoms with Gasteiger partial charge in [-0.2, -0.15) is 8.42 Å². The summed E-state index contributed by atoms with van der Waals surface area (Å²) in [4.78, 5) is 0.138. The predicted octanol–water partition coefficient (Wildman–Crippen LogP) is 2.61. The van der Waals surface area contributed by atoms with Gasteiger partial charge in [0, 0.05) is 19.0 Å². The van der Waals surface area contributed by atoms with Crippen LogP contribution in [0.15, 0.2) is 53.4 Å². The molecule has 0 spiro atoms. The number of hydrogen-bond acceptors (Lipinski definition) is 5. The second-order valence-corrected chi connectivity index (χ2v) is 8.81. The van der Waals surface area contributed by atoms with Crippen LogP contribution in [0.2, 0.25) is 0 Å². The number of rotatable bonds is 3. The molecule has 1 aliphatic carbocycles. The Labute approximate surface area is 154 Å². The van der Waals surface area contributed by atoms with Crippen molar-refractivity contribution >= 4 is 10.1 Å². The summed E-state index contributed by atoms with van der Waals surface area (Å²) in [6.07, 6.45) is 0.966. The first-order chi connectivity index (χ1) is 12.4. The molecule has 1 saturated carbocycles. The van der Waals surface area contributed by atoms with E-state index >= 15 is 0 Å². The first-order valence-corrected chi connectivity index (χ1v) is 10.3. The highest BCUT2D eigenvalue weighted by Gasteiger charge is 2.52. The van der Waals surface area contributed by atoms with Crippen LogP contribution in [0.4, 0.5) is 0 Å². The quantitative estimate of drug-likeness (QED) is 0.809. The third-order valence-corrected chi connectivity index (χ3v) is 6.84. The van der Waals surface area contributed by atoms with Gasteiger partial charge in [0.1, 0.15) is 5.60 Å². The van der Waals surface area contributed by atoms with E-state index in [1.165, 1.54) is 0 Å². The zero-order chi connectivity index (χ0) is 18.4. The molecule has 4 rings (SSSR count). The van der Waals surface area contributed by atoms with Crippen molar-refractivity contribution in [1.82, 2.24) is 5.32 Å². The molecule has 2 aliphatic rings. The molecule has 2 aromatic rings. The van der Waals surface area contributed by atoms with Crippen LogP contribution < -0.4 is 5.32 Å². The van der Waals surface area contributed by atoms with Crippen LogP contribution in [0, 0.1) is 6.92 Å². The Morgan fingerprint density at radius 1 is 1.12 bits per heavy atom. The lowest BCUT2D eigenvalue weighted by Crippen LogP contribution is -2.58. The molecule has 2 N–H and O–H groups in total. The van der Waals surface area contributed by atoms with Crippen molar-refractivity contribution in [3.63, 3.8) is 0 Å². The van der Waals surface area contributed by atoms with Crippen LogP contribution in [0.1, 0.15) is 36.0 Å². The van der Waals surface area contributed by atoms with Crippen LogP contribution in [-0.2, 0) is 26.4 Å². The smallest absolute Gasteiger partial charge is 0.297 e. The number of fused-ring (bicyclic) bond motifs is 3. The average Bonchev–Trinajstić information content (AvgIpc) is 2.61. The van der Waals surface area contributed by atoms with Gasteiger partial charge in [-0.3, -0.25) is 4.18 Å². The van der Waals surface area contributed by atoms with E-state index in [-0.39, 0.29) is 17.4 Å². The summed E-state index contributed by atoms with van der Waals surface area (Å²) in [5.41, 5.74) is 1.77. The number of aryl methyl sites for hydroxylation is 1. The Morgan fingerprint density at radius 3 is 2.62 bits per heavy atom. The lowest BCUT2D eigenvalue weighted by atomic mass is 9.71. The Bertz CT molecular complexity index is 910. The van der Waals surface area contributed by atoms with E-state index in [9.17, 15) is 13.5 Å². The van der Waals surface area contributed by atoms with Crippen LogP contribution in [0.5, 0.6) is 0 Å². The fraction of sp³-hybridized carbons (Fsp3) is 0.400. The van der Waals surface area contributed by atoms with Gasteiger partial charge in [-0.1, -0.05) is 42.0 Å². The summed E-state index contributed by atoms with van der Waals surface area (Å²) >= 11 is 0. The Balaban J connectivity index is 1.81. The molecule has 1 aliphatic heterocycles. The third-order valence-electron chi connectivity index (χ3n) is 5.47. The first kappa shape index (κ1) is 17.7. The Hall–Kier alpha value is -1.73. The Morgan fingerprint density at radius 2 is 1.85 bits per heavy atom. The third kappa shape index (κ3) is 2.97. The summed E-state index contributed by atoms with van der Waals surface area (Å²) in [5, 5.41) is 13.8. The molecule has 138 valence electrons. The predicted molar refractivity (Wildman–Crippen MR) is 98.1 cm³/mol. The van der Waals surface area contributed by atoms with Crippen molar-refractivity contribution < 1.29 is 17.7 Å². The molecule has 1 fully saturated rings. The molecule has 6 heteroatoms. The minimum absolute atomic E-state index is 0.138. The fourth-order valence-corrected chi connectivity index (χ4v) is 5.39. The topological polar surface area (TPSA) is 75.6 Å². The molecule has 3 atom stereocenters. The van der Waals surface area contributed by atoms with Crippen molar-refractivity contribution in [3.8, 4) is 0 Å². The van der Waals surface area contributed by atoms with Gasteiger partial charge in [0.15, 0.2) is 0 Å². The molecule has 2 aromatic carbocycles. The number of nitrogens with one attached hydrogen (secondary N) is 1. The van der Waals surface area contributed by atoms with E-state index < -0.39 is 21.8 Å². The molecule has 0 bridgehead atoms. The summed E-state index contributed by atoms with van der Waals surface area (Å²) < 4.78 is 32.0. The molecule has 0 saturated heterocycles. The number of aliphatic hydroxyl groups is 1. The van der Waals surface area contributed by atoms with Crippen molar-refractivity contribution in [1.29, 1.82) is 0 Å². The summed E-state index contributed by atoms with van der Waals surface area (Å²) in [5.74, 6) is 0. The van der Waals surface area contributed by atoms with Crippen molar-refractivity contribution in [2.75, 3.05) is 0 Å². The molecule has 0 amide bonds. The molecular weight excluding hydrogens is 350 g/mol. The monoisotopic (exact) mass is 373 g/mol. The lowest BCUT2D eigenvalue weighted by Gasteiger charge is -2.48. The number of aliphatic hydroxyl groups excluding tert-OH is 1. The van der Waals surface area contributed by atoms with Crippen molar-refractivity contribution in [2.45, 2.75) is 55.4 Å². The molecule has 5 nitrogen and oxygen atoms in total. The van der Waals surface area contributed by atoms with E-state index in [0.29, 0.717) is 19.4 Å². The molecular formula is C20H23NO4S. The molecule has 3 unspecified atom stereocenters. The highest BCUT2D eigenvalue weighted by molar-refractivity contribution is 7.86. The van der Waals surface area contributed by atoms with E-state index in [4.69, 9.17) is 4.18 Å². The van der Waals surface area contributed by atoms with E-state index in [2.05, 4.69) is 5.32 Å². The van der Waals surface area contributed by atoms with Crippen LogP contribution >= 0.6 is 0 Å². The second-order valence-electron chi connectivity index (χ2n) is 7.27. The zero-order valence-corrected chi connectivity index (χ0v) is 15.5. The van der Waals surface area contributed by atoms with Gasteiger partial charge < -0.3 is 10.4 Å². The number of hydrogen-bond donors (Lipinski definition) is 2. The minimum atomic E-state index is -3.97. The SMILES string of the molecule is Cc1ccc(S(=O)(=O)OC23CC(O)CCC2NCc2ccccc23)cc1. The summed E-state index contributed by atoms with van der Waals surface area (Å²) in [7, 11) is -3.97. The van der Waals surface area contributed by atoms with E-state index in [1.807, 2.05) is 31.2 Å². The second kappa shape index (κ2) is 6.46. The lowest BCUT2D eigenvalue weighted by molar-refractivity contribution is -0.0577. The standard InChI is InChI=1S/C20H23NO4S/c1-14-6-9-17(10-7-14)26(23,24)25-20-12-16(22)8-11-19(20)21-13-15-4-2-3-5-18(15)20/h2-7,9-10,16,19,21-22H,8,11-13H2,1H3. The van der Waals surface area contributed by atoms with Gasteiger partial charge in [0.2, 0.25) is 0 Å². The van der Waals surface area contributed by atoms with Gasteiger partial charge >= 0.3 is 0 Å². The molecule has 0 aromatic heterocycles. The van der Waals surface area contributed by atoms with Crippen molar-refractivity contribution in [2.24, 2.45) is 0 Å². The number of benzene rings is 2. The van der Waals surface area contributed by atoms with Crippen LogP contribution in [-0.4, -0.2) is 25.7 Å². The minimum Gasteiger partial charge on any atom is -0.393 e. The maximum atomic E-state index is 13.0. The molecule has 26 heavy (non-hydrogen) atoms. The maximum Gasteiger partial charge on any atom is 0.297 e. The van der Waals surface area contributed by atoms with Crippen LogP contribution in [0.3, 0.4) is 0 Å². The molecule has 0 radical (unpaired) electrons. The normalized spacial score (nSPS) is 28.2. The highest BCUT2D eigenvalue weighted by atomic mass is 32.2. The fourth-order valence-electron chi connectivity index (χ4n) is 4.16.